The highest BCUT2D eigenvalue weighted by atomic mass is 32.1. The van der Waals surface area contributed by atoms with E-state index in [-0.39, 0.29) is 11.4 Å². The van der Waals surface area contributed by atoms with Gasteiger partial charge < -0.3 is 15.5 Å². The van der Waals surface area contributed by atoms with E-state index in [1.54, 1.807) is 11.3 Å². The molecule has 5 nitrogen and oxygen atoms in total. The third kappa shape index (κ3) is 4.47. The Bertz CT molecular complexity index is 438. The molecule has 0 atom stereocenters. The van der Waals surface area contributed by atoms with Gasteiger partial charge in [-0.1, -0.05) is 0 Å². The van der Waals surface area contributed by atoms with Gasteiger partial charge in [0, 0.05) is 36.2 Å². The maximum Gasteiger partial charge on any atom is 0.239 e. The molecule has 1 aliphatic rings. The Morgan fingerprint density at radius 3 is 3.05 bits per heavy atom. The number of nitrogens with zero attached hydrogens (tertiary/aromatic N) is 2. The molecule has 0 bridgehead atoms. The van der Waals surface area contributed by atoms with Gasteiger partial charge in [0.15, 0.2) is 5.13 Å². The van der Waals surface area contributed by atoms with Gasteiger partial charge in [0.1, 0.15) is 0 Å². The van der Waals surface area contributed by atoms with Crippen LogP contribution in [0.4, 0.5) is 5.13 Å². The molecule has 1 saturated heterocycles. The molecule has 106 valence electrons. The maximum atomic E-state index is 11.5. The minimum atomic E-state index is 0.0852. The molecule has 1 aromatic rings. The number of carbonyl (C=O) groups is 1. The molecule has 0 radical (unpaired) electrons. The molecule has 2 heterocycles. The largest absolute Gasteiger partial charge is 0.354 e. The van der Waals surface area contributed by atoms with Crippen LogP contribution in [0.5, 0.6) is 0 Å². The van der Waals surface area contributed by atoms with Crippen LogP contribution in [0.1, 0.15) is 32.1 Å². The van der Waals surface area contributed by atoms with Crippen LogP contribution >= 0.6 is 11.3 Å². The summed E-state index contributed by atoms with van der Waals surface area (Å²) in [6.45, 7) is 9.33. The molecule has 0 saturated carbocycles. The van der Waals surface area contributed by atoms with Crippen molar-refractivity contribution in [3.63, 3.8) is 0 Å². The lowest BCUT2D eigenvalue weighted by atomic mass is 10.1. The highest BCUT2D eigenvalue weighted by Crippen LogP contribution is 2.23. The zero-order valence-electron chi connectivity index (χ0n) is 11.8. The van der Waals surface area contributed by atoms with Crippen LogP contribution in [0, 0.1) is 0 Å². The zero-order chi connectivity index (χ0) is 13.9. The predicted molar refractivity (Wildman–Crippen MR) is 78.5 cm³/mol. The Morgan fingerprint density at radius 1 is 1.53 bits per heavy atom. The fraction of sp³-hybridized carbons (Fsp3) is 0.692. The normalized spacial score (nSPS) is 17.2. The number of aromatic nitrogens is 1. The van der Waals surface area contributed by atoms with Gasteiger partial charge in [-0.2, -0.15) is 0 Å². The molecule has 0 aromatic carbocycles. The lowest BCUT2D eigenvalue weighted by Gasteiger charge is -2.19. The van der Waals surface area contributed by atoms with Crippen LogP contribution in [-0.4, -0.2) is 36.1 Å². The lowest BCUT2D eigenvalue weighted by molar-refractivity contribution is -0.119. The number of thiazole rings is 1. The Balaban J connectivity index is 1.97. The number of anilines is 1. The van der Waals surface area contributed by atoms with Crippen molar-refractivity contribution in [1.29, 1.82) is 0 Å². The van der Waals surface area contributed by atoms with Gasteiger partial charge in [-0.15, -0.1) is 11.3 Å². The summed E-state index contributed by atoms with van der Waals surface area (Å²) in [6.07, 6.45) is 2.88. The zero-order valence-corrected chi connectivity index (χ0v) is 12.6. The molecular formula is C13H22N4OS. The number of hydrogen-bond acceptors (Lipinski definition) is 5. The topological polar surface area (TPSA) is 57.3 Å². The number of nitrogens with one attached hydrogen (secondary N) is 2. The Labute approximate surface area is 118 Å². The first kappa shape index (κ1) is 14.3. The smallest absolute Gasteiger partial charge is 0.239 e. The molecule has 2 N–H and O–H groups in total. The quantitative estimate of drug-likeness (QED) is 0.879. The van der Waals surface area contributed by atoms with Crippen molar-refractivity contribution in [2.24, 2.45) is 0 Å². The van der Waals surface area contributed by atoms with Crippen LogP contribution in [0.3, 0.4) is 0 Å². The first-order chi connectivity index (χ1) is 8.94. The van der Waals surface area contributed by atoms with Crippen molar-refractivity contribution in [3.8, 4) is 0 Å². The standard InChI is InChI=1S/C13H22N4OS/c1-13(2,3)16-8-10-7-15-12(19-10)17-6-4-5-14-11(18)9-17/h7,16H,4-6,8-9H2,1-3H3,(H,14,18). The number of hydrogen-bond donors (Lipinski definition) is 2. The van der Waals surface area contributed by atoms with E-state index in [1.807, 2.05) is 6.20 Å². The molecule has 1 fully saturated rings. The second-order valence-corrected chi connectivity index (χ2v) is 6.93. The fourth-order valence-corrected chi connectivity index (χ4v) is 2.72. The molecule has 0 aliphatic carbocycles. The van der Waals surface area contributed by atoms with Crippen LogP contribution in [0.15, 0.2) is 6.20 Å². The highest BCUT2D eigenvalue weighted by Gasteiger charge is 2.18. The van der Waals surface area contributed by atoms with Gasteiger partial charge in [0.2, 0.25) is 5.91 Å². The van der Waals surface area contributed by atoms with Gasteiger partial charge in [0.05, 0.1) is 6.54 Å². The molecule has 0 unspecified atom stereocenters. The molecule has 6 heteroatoms. The van der Waals surface area contributed by atoms with Crippen molar-refractivity contribution in [2.45, 2.75) is 39.3 Å². The van der Waals surface area contributed by atoms with E-state index in [9.17, 15) is 4.79 Å². The summed E-state index contributed by atoms with van der Waals surface area (Å²) in [7, 11) is 0. The van der Waals surface area contributed by atoms with Crippen molar-refractivity contribution in [3.05, 3.63) is 11.1 Å². The summed E-state index contributed by atoms with van der Waals surface area (Å²) in [4.78, 5) is 19.2. The third-order valence-corrected chi connectivity index (χ3v) is 3.92. The minimum absolute atomic E-state index is 0.0852. The second kappa shape index (κ2) is 5.88. The van der Waals surface area contributed by atoms with E-state index in [1.165, 1.54) is 4.88 Å². The van der Waals surface area contributed by atoms with Crippen LogP contribution in [0.25, 0.3) is 0 Å². The molecule has 19 heavy (non-hydrogen) atoms. The van der Waals surface area contributed by atoms with E-state index in [0.717, 1.165) is 31.2 Å². The number of amides is 1. The summed E-state index contributed by atoms with van der Waals surface area (Å²) in [5.74, 6) is 0.0852. The predicted octanol–water partition coefficient (Wildman–Crippen LogP) is 1.36. The minimum Gasteiger partial charge on any atom is -0.354 e. The average molecular weight is 282 g/mol. The van der Waals surface area contributed by atoms with E-state index < -0.39 is 0 Å². The Hall–Kier alpha value is -1.14. The summed E-state index contributed by atoms with van der Waals surface area (Å²) in [5.41, 5.74) is 0.104. The van der Waals surface area contributed by atoms with Crippen LogP contribution in [0.2, 0.25) is 0 Å². The molecule has 1 aromatic heterocycles. The van der Waals surface area contributed by atoms with E-state index >= 15 is 0 Å². The van der Waals surface area contributed by atoms with Gasteiger partial charge in [-0.25, -0.2) is 4.98 Å². The molecule has 1 amide bonds. The van der Waals surface area contributed by atoms with E-state index in [2.05, 4.69) is 41.3 Å². The van der Waals surface area contributed by atoms with Gasteiger partial charge in [-0.05, 0) is 27.2 Å². The summed E-state index contributed by atoms with van der Waals surface area (Å²) >= 11 is 1.66. The highest BCUT2D eigenvalue weighted by molar-refractivity contribution is 7.15. The SMILES string of the molecule is CC(C)(C)NCc1cnc(N2CCCNC(=O)C2)s1. The number of rotatable bonds is 3. The van der Waals surface area contributed by atoms with Crippen molar-refractivity contribution >= 4 is 22.4 Å². The van der Waals surface area contributed by atoms with Gasteiger partial charge in [-0.3, -0.25) is 4.79 Å². The van der Waals surface area contributed by atoms with Crippen molar-refractivity contribution < 1.29 is 4.79 Å². The summed E-state index contributed by atoms with van der Waals surface area (Å²) in [6, 6.07) is 0. The third-order valence-electron chi connectivity index (χ3n) is 2.87. The first-order valence-electron chi connectivity index (χ1n) is 6.65. The Morgan fingerprint density at radius 2 is 2.32 bits per heavy atom. The summed E-state index contributed by atoms with van der Waals surface area (Å²) < 4.78 is 0. The lowest BCUT2D eigenvalue weighted by Crippen LogP contribution is -2.34. The van der Waals surface area contributed by atoms with Crippen molar-refractivity contribution in [1.82, 2.24) is 15.6 Å². The molecular weight excluding hydrogens is 260 g/mol. The summed E-state index contributed by atoms with van der Waals surface area (Å²) in [5, 5.41) is 7.28. The maximum absolute atomic E-state index is 11.5. The van der Waals surface area contributed by atoms with Gasteiger partial charge >= 0.3 is 0 Å². The fourth-order valence-electron chi connectivity index (χ4n) is 1.85. The average Bonchev–Trinajstić information content (AvgIpc) is 2.68. The van der Waals surface area contributed by atoms with Crippen molar-refractivity contribution in [2.75, 3.05) is 24.5 Å². The molecule has 1 aliphatic heterocycles. The van der Waals surface area contributed by atoms with E-state index in [4.69, 9.17) is 0 Å². The van der Waals surface area contributed by atoms with Crippen LogP contribution in [-0.2, 0) is 11.3 Å². The van der Waals surface area contributed by atoms with E-state index in [0.29, 0.717) is 6.54 Å². The van der Waals surface area contributed by atoms with Gasteiger partial charge in [0.25, 0.3) is 0 Å². The first-order valence-corrected chi connectivity index (χ1v) is 7.47. The molecule has 2 rings (SSSR count). The van der Waals surface area contributed by atoms with Crippen LogP contribution < -0.4 is 15.5 Å². The number of carbonyl (C=O) groups excluding carboxylic acids is 1. The Kier molecular flexibility index (Phi) is 4.42. The second-order valence-electron chi connectivity index (χ2n) is 5.84. The molecule has 0 spiro atoms. The monoisotopic (exact) mass is 282 g/mol.